The van der Waals surface area contributed by atoms with Crippen LogP contribution in [0, 0.1) is 16.3 Å². The van der Waals surface area contributed by atoms with Crippen LogP contribution in [0.3, 0.4) is 0 Å². The normalized spacial score (nSPS) is 14.9. The molecule has 4 amide bonds. The lowest BCUT2D eigenvalue weighted by atomic mass is 10.1. The number of barbiturate groups is 1. The first-order valence-corrected chi connectivity index (χ1v) is 12.4. The van der Waals surface area contributed by atoms with Crippen LogP contribution in [0.15, 0.2) is 64.6 Å². The number of aryl methyl sites for hydroxylation is 1. The van der Waals surface area contributed by atoms with Crippen LogP contribution in [-0.2, 0) is 16.2 Å². The summed E-state index contributed by atoms with van der Waals surface area (Å²) < 4.78 is 20.6. The van der Waals surface area contributed by atoms with Crippen LogP contribution in [0.25, 0.3) is 6.08 Å². The van der Waals surface area contributed by atoms with Crippen LogP contribution >= 0.6 is 50.1 Å². The molecule has 0 aromatic heterocycles. The second kappa shape index (κ2) is 10.5. The topological polar surface area (TPSA) is 75.7 Å². The van der Waals surface area contributed by atoms with Crippen molar-refractivity contribution in [2.24, 2.45) is 0 Å². The molecule has 10 heteroatoms. The number of rotatable bonds is 5. The average Bonchev–Trinajstić information content (AvgIpc) is 2.78. The monoisotopic (exact) mass is 668 g/mol. The fraction of sp³-hybridized carbons (Fsp3) is 0.0800. The minimum absolute atomic E-state index is 0.157. The van der Waals surface area contributed by atoms with Crippen LogP contribution in [0.2, 0.25) is 5.02 Å². The summed E-state index contributed by atoms with van der Waals surface area (Å²) in [5.41, 5.74) is 2.03. The third kappa shape index (κ3) is 5.57. The second-order valence-corrected chi connectivity index (χ2v) is 10.0. The number of imide groups is 2. The summed E-state index contributed by atoms with van der Waals surface area (Å²) in [4.78, 5) is 38.9. The standard InChI is InChI=1S/C25H16BrClFIN2O4/c1-13-5-6-17(11-20(13)27)31-24(33)18(23(32)30-25(31)34)8-15-9-19(26)22(21(29)10-15)35-12-14-3-2-4-16(28)7-14/h2-11H,12H2,1H3,(H,30,32,34)/b18-8-. The number of halogens is 4. The number of ether oxygens (including phenoxy) is 1. The fourth-order valence-electron chi connectivity index (χ4n) is 3.36. The van der Waals surface area contributed by atoms with Gasteiger partial charge in [-0.2, -0.15) is 0 Å². The van der Waals surface area contributed by atoms with E-state index < -0.39 is 17.8 Å². The molecular weight excluding hydrogens is 654 g/mol. The number of carbonyl (C=O) groups is 3. The lowest BCUT2D eigenvalue weighted by molar-refractivity contribution is -0.122. The summed E-state index contributed by atoms with van der Waals surface area (Å²) in [6.07, 6.45) is 1.40. The van der Waals surface area contributed by atoms with Crippen molar-refractivity contribution in [1.82, 2.24) is 5.32 Å². The number of amides is 4. The van der Waals surface area contributed by atoms with Gasteiger partial charge in [0.15, 0.2) is 0 Å². The molecule has 1 aliphatic heterocycles. The molecule has 0 bridgehead atoms. The number of hydrogen-bond acceptors (Lipinski definition) is 4. The predicted octanol–water partition coefficient (Wildman–Crippen LogP) is 6.40. The van der Waals surface area contributed by atoms with Crippen molar-refractivity contribution in [3.63, 3.8) is 0 Å². The number of anilines is 1. The summed E-state index contributed by atoms with van der Waals surface area (Å²) in [7, 11) is 0. The maximum Gasteiger partial charge on any atom is 0.335 e. The Balaban J connectivity index is 1.62. The summed E-state index contributed by atoms with van der Waals surface area (Å²) >= 11 is 11.7. The highest BCUT2D eigenvalue weighted by atomic mass is 127. The molecule has 0 atom stereocenters. The van der Waals surface area contributed by atoms with E-state index in [0.29, 0.717) is 29.9 Å². The van der Waals surface area contributed by atoms with E-state index in [9.17, 15) is 18.8 Å². The van der Waals surface area contributed by atoms with Gasteiger partial charge < -0.3 is 4.74 Å². The van der Waals surface area contributed by atoms with Gasteiger partial charge in [-0.25, -0.2) is 14.1 Å². The van der Waals surface area contributed by atoms with Crippen LogP contribution in [-0.4, -0.2) is 17.8 Å². The van der Waals surface area contributed by atoms with Crippen LogP contribution in [0.5, 0.6) is 5.75 Å². The van der Waals surface area contributed by atoms with Gasteiger partial charge in [-0.3, -0.25) is 14.9 Å². The number of nitrogens with zero attached hydrogens (tertiary/aromatic N) is 1. The zero-order valence-corrected chi connectivity index (χ0v) is 22.6. The summed E-state index contributed by atoms with van der Waals surface area (Å²) in [5, 5.41) is 2.58. The minimum Gasteiger partial charge on any atom is -0.487 e. The van der Waals surface area contributed by atoms with Gasteiger partial charge in [0.2, 0.25) is 0 Å². The van der Waals surface area contributed by atoms with E-state index in [1.807, 2.05) is 0 Å². The first-order valence-electron chi connectivity index (χ1n) is 10.2. The Kier molecular flexibility index (Phi) is 7.58. The van der Waals surface area contributed by atoms with Gasteiger partial charge in [0.1, 0.15) is 23.7 Å². The highest BCUT2D eigenvalue weighted by Gasteiger charge is 2.37. The zero-order chi connectivity index (χ0) is 25.3. The smallest absolute Gasteiger partial charge is 0.335 e. The maximum atomic E-state index is 13.4. The highest BCUT2D eigenvalue weighted by Crippen LogP contribution is 2.34. The SMILES string of the molecule is Cc1ccc(N2C(=O)NC(=O)/C(=C/c3cc(Br)c(OCc4cccc(F)c4)c(I)c3)C2=O)cc1Cl. The summed E-state index contributed by atoms with van der Waals surface area (Å²) in [5.74, 6) is -1.39. The van der Waals surface area contributed by atoms with E-state index in [1.54, 1.807) is 43.3 Å². The Morgan fingerprint density at radius 3 is 2.60 bits per heavy atom. The molecule has 0 radical (unpaired) electrons. The van der Waals surface area contributed by atoms with Crippen LogP contribution < -0.4 is 15.0 Å². The Bertz CT molecular complexity index is 1390. The molecule has 0 aliphatic carbocycles. The van der Waals surface area contributed by atoms with E-state index in [-0.39, 0.29) is 23.7 Å². The number of benzene rings is 3. The third-order valence-electron chi connectivity index (χ3n) is 5.12. The molecule has 35 heavy (non-hydrogen) atoms. The van der Waals surface area contributed by atoms with E-state index in [2.05, 4.69) is 43.8 Å². The predicted molar refractivity (Wildman–Crippen MR) is 143 cm³/mol. The van der Waals surface area contributed by atoms with Gasteiger partial charge in [-0.1, -0.05) is 29.8 Å². The molecule has 4 rings (SSSR count). The van der Waals surface area contributed by atoms with Gasteiger partial charge in [0, 0.05) is 5.02 Å². The van der Waals surface area contributed by atoms with Crippen molar-refractivity contribution in [3.05, 3.63) is 95.7 Å². The Labute approximate surface area is 227 Å². The highest BCUT2D eigenvalue weighted by molar-refractivity contribution is 14.1. The maximum absolute atomic E-state index is 13.4. The molecule has 0 unspecified atom stereocenters. The lowest BCUT2D eigenvalue weighted by Gasteiger charge is -2.26. The van der Waals surface area contributed by atoms with Crippen molar-refractivity contribution in [1.29, 1.82) is 0 Å². The van der Waals surface area contributed by atoms with Crippen molar-refractivity contribution < 1.29 is 23.5 Å². The minimum atomic E-state index is -0.853. The molecule has 1 fully saturated rings. The molecule has 3 aromatic carbocycles. The van der Waals surface area contributed by atoms with Crippen LogP contribution in [0.1, 0.15) is 16.7 Å². The Hall–Kier alpha value is -2.76. The number of carbonyl (C=O) groups excluding carboxylic acids is 3. The van der Waals surface area contributed by atoms with Gasteiger partial charge in [-0.15, -0.1) is 0 Å². The first kappa shape index (κ1) is 25.3. The summed E-state index contributed by atoms with van der Waals surface area (Å²) in [6, 6.07) is 13.4. The molecule has 178 valence electrons. The number of hydrogen-bond donors (Lipinski definition) is 1. The Morgan fingerprint density at radius 2 is 1.91 bits per heavy atom. The zero-order valence-electron chi connectivity index (χ0n) is 18.1. The van der Waals surface area contributed by atoms with Crippen molar-refractivity contribution in [3.8, 4) is 5.75 Å². The van der Waals surface area contributed by atoms with E-state index >= 15 is 0 Å². The molecular formula is C25H16BrClFIN2O4. The first-order chi connectivity index (χ1) is 16.6. The van der Waals surface area contributed by atoms with E-state index in [0.717, 1.165) is 10.5 Å². The fourth-order valence-corrected chi connectivity index (χ4v) is 5.31. The van der Waals surface area contributed by atoms with Crippen molar-refractivity contribution in [2.45, 2.75) is 13.5 Å². The third-order valence-corrected chi connectivity index (χ3v) is 6.92. The van der Waals surface area contributed by atoms with Gasteiger partial charge in [0.25, 0.3) is 11.8 Å². The van der Waals surface area contributed by atoms with Crippen molar-refractivity contribution >= 4 is 79.7 Å². The van der Waals surface area contributed by atoms with E-state index in [1.165, 1.54) is 24.3 Å². The Morgan fingerprint density at radius 1 is 1.14 bits per heavy atom. The van der Waals surface area contributed by atoms with Gasteiger partial charge in [0.05, 0.1) is 13.7 Å². The molecule has 3 aromatic rings. The number of urea groups is 1. The summed E-state index contributed by atoms with van der Waals surface area (Å²) in [6.45, 7) is 1.95. The quantitative estimate of drug-likeness (QED) is 0.194. The molecule has 1 heterocycles. The van der Waals surface area contributed by atoms with Crippen LogP contribution in [0.4, 0.5) is 14.9 Å². The number of nitrogens with one attached hydrogen (secondary N) is 1. The second-order valence-electron chi connectivity index (χ2n) is 7.62. The average molecular weight is 670 g/mol. The van der Waals surface area contributed by atoms with Gasteiger partial charge in [-0.05, 0) is 105 Å². The molecule has 1 N–H and O–H groups in total. The molecule has 1 saturated heterocycles. The lowest BCUT2D eigenvalue weighted by Crippen LogP contribution is -2.54. The van der Waals surface area contributed by atoms with Gasteiger partial charge >= 0.3 is 6.03 Å². The molecule has 0 saturated carbocycles. The molecule has 0 spiro atoms. The molecule has 6 nitrogen and oxygen atoms in total. The largest absolute Gasteiger partial charge is 0.487 e. The van der Waals surface area contributed by atoms with Crippen molar-refractivity contribution in [2.75, 3.05) is 4.90 Å². The molecule has 1 aliphatic rings. The van der Waals surface area contributed by atoms with E-state index in [4.69, 9.17) is 16.3 Å².